The van der Waals surface area contributed by atoms with Gasteiger partial charge < -0.3 is 4.57 Å². The van der Waals surface area contributed by atoms with E-state index in [0.29, 0.717) is 0 Å². The minimum absolute atomic E-state index is 1.14. The van der Waals surface area contributed by atoms with Crippen LogP contribution in [0.3, 0.4) is 0 Å². The lowest BCUT2D eigenvalue weighted by Crippen LogP contribution is -2.31. The second kappa shape index (κ2) is 8.21. The van der Waals surface area contributed by atoms with Crippen LogP contribution in [0.2, 0.25) is 0 Å². The molecule has 0 spiro atoms. The third-order valence-corrected chi connectivity index (χ3v) is 7.78. The van der Waals surface area contributed by atoms with Crippen molar-refractivity contribution in [2.75, 3.05) is 11.9 Å². The highest BCUT2D eigenvalue weighted by atomic mass is 15.3. The third kappa shape index (κ3) is 3.10. The molecule has 1 aliphatic heterocycles. The van der Waals surface area contributed by atoms with Crippen LogP contribution in [0.15, 0.2) is 115 Å². The van der Waals surface area contributed by atoms with Crippen molar-refractivity contribution in [2.24, 2.45) is 0 Å². The van der Waals surface area contributed by atoms with Gasteiger partial charge in [-0.3, -0.25) is 0 Å². The van der Waals surface area contributed by atoms with Crippen LogP contribution in [-0.2, 0) is 0 Å². The van der Waals surface area contributed by atoms with E-state index in [9.17, 15) is 0 Å². The standard InChI is InChI=1S/C34H28N3/c1-23-13-4-7-18-29(23)36-24(2)35(3)30-19-8-5-14-25(30)27-16-12-17-28-26-15-6-9-20-31(26)37(34(27)28)33-22-11-10-21-32(33)36/h4-22H,1-3H3/q+1. The molecule has 5 aromatic carbocycles. The predicted octanol–water partition coefficient (Wildman–Crippen LogP) is 8.60. The van der Waals surface area contributed by atoms with Crippen LogP contribution >= 0.6 is 0 Å². The molecule has 1 aliphatic rings. The van der Waals surface area contributed by atoms with Crippen LogP contribution in [0.5, 0.6) is 0 Å². The molecule has 178 valence electrons. The number of hydrogen-bond acceptors (Lipinski definition) is 1. The molecule has 0 unspecified atom stereocenters. The van der Waals surface area contributed by atoms with Gasteiger partial charge in [0.05, 0.1) is 23.8 Å². The summed E-state index contributed by atoms with van der Waals surface area (Å²) in [6, 6.07) is 41.7. The molecule has 0 saturated carbocycles. The van der Waals surface area contributed by atoms with Gasteiger partial charge in [-0.15, -0.1) is 0 Å². The molecule has 1 aromatic heterocycles. The van der Waals surface area contributed by atoms with E-state index in [4.69, 9.17) is 0 Å². The van der Waals surface area contributed by atoms with E-state index in [1.807, 2.05) is 0 Å². The largest absolute Gasteiger partial charge is 0.305 e. The van der Waals surface area contributed by atoms with Crippen LogP contribution in [0.25, 0.3) is 38.6 Å². The number of aromatic nitrogens is 1. The zero-order valence-corrected chi connectivity index (χ0v) is 21.3. The average molecular weight is 479 g/mol. The molecule has 37 heavy (non-hydrogen) atoms. The second-order valence-corrected chi connectivity index (χ2v) is 9.79. The maximum Gasteiger partial charge on any atom is 0.259 e. The summed E-state index contributed by atoms with van der Waals surface area (Å²) in [6.07, 6.45) is 0. The molecule has 0 saturated heterocycles. The van der Waals surface area contributed by atoms with Gasteiger partial charge in [-0.2, -0.15) is 4.90 Å². The number of anilines is 2. The smallest absolute Gasteiger partial charge is 0.259 e. The first kappa shape index (κ1) is 21.6. The molecule has 0 fully saturated rings. The highest BCUT2D eigenvalue weighted by Crippen LogP contribution is 2.44. The van der Waals surface area contributed by atoms with Crippen molar-refractivity contribution in [3.8, 4) is 16.8 Å². The molecule has 0 N–H and O–H groups in total. The average Bonchev–Trinajstić information content (AvgIpc) is 3.28. The molecule has 0 bridgehead atoms. The number of hydrogen-bond donors (Lipinski definition) is 0. The van der Waals surface area contributed by atoms with Crippen LogP contribution in [0.1, 0.15) is 12.5 Å². The quantitative estimate of drug-likeness (QED) is 0.215. The van der Waals surface area contributed by atoms with E-state index in [-0.39, 0.29) is 0 Å². The summed E-state index contributed by atoms with van der Waals surface area (Å²) in [6.45, 7) is 4.41. The first-order valence-electron chi connectivity index (χ1n) is 12.8. The Labute approximate surface area is 217 Å². The lowest BCUT2D eigenvalue weighted by Gasteiger charge is -2.25. The zero-order valence-electron chi connectivity index (χ0n) is 21.3. The van der Waals surface area contributed by atoms with Crippen molar-refractivity contribution in [3.05, 3.63) is 121 Å². The van der Waals surface area contributed by atoms with Crippen LogP contribution in [0, 0.1) is 6.92 Å². The van der Waals surface area contributed by atoms with E-state index >= 15 is 0 Å². The first-order chi connectivity index (χ1) is 18.1. The topological polar surface area (TPSA) is 11.2 Å². The lowest BCUT2D eigenvalue weighted by molar-refractivity contribution is -0.405. The van der Waals surface area contributed by atoms with Gasteiger partial charge in [0, 0.05) is 28.8 Å². The van der Waals surface area contributed by atoms with Crippen molar-refractivity contribution in [1.29, 1.82) is 0 Å². The summed E-state index contributed by atoms with van der Waals surface area (Å²) in [7, 11) is 2.18. The molecule has 6 aromatic rings. The van der Waals surface area contributed by atoms with E-state index in [1.54, 1.807) is 0 Å². The molecule has 0 aliphatic carbocycles. The van der Waals surface area contributed by atoms with Gasteiger partial charge >= 0.3 is 0 Å². The van der Waals surface area contributed by atoms with E-state index in [1.165, 1.54) is 49.9 Å². The Morgan fingerprint density at radius 3 is 2.00 bits per heavy atom. The van der Waals surface area contributed by atoms with Gasteiger partial charge in [0.15, 0.2) is 5.69 Å². The normalized spacial score (nSPS) is 13.1. The van der Waals surface area contributed by atoms with Gasteiger partial charge in [0.25, 0.3) is 5.84 Å². The summed E-state index contributed by atoms with van der Waals surface area (Å²) in [5.41, 5.74) is 10.8. The third-order valence-electron chi connectivity index (χ3n) is 7.78. The maximum atomic E-state index is 2.47. The Morgan fingerprint density at radius 2 is 1.16 bits per heavy atom. The Morgan fingerprint density at radius 1 is 0.541 bits per heavy atom. The Balaban J connectivity index is 1.75. The molecule has 3 nitrogen and oxygen atoms in total. The summed E-state index contributed by atoms with van der Waals surface area (Å²) in [5, 5.41) is 2.53. The fourth-order valence-electron chi connectivity index (χ4n) is 5.94. The van der Waals surface area contributed by atoms with Gasteiger partial charge in [-0.1, -0.05) is 84.9 Å². The Bertz CT molecular complexity index is 1870. The first-order valence-corrected chi connectivity index (χ1v) is 12.8. The fourth-order valence-corrected chi connectivity index (χ4v) is 5.94. The predicted molar refractivity (Wildman–Crippen MR) is 156 cm³/mol. The monoisotopic (exact) mass is 478 g/mol. The number of rotatable bonds is 1. The lowest BCUT2D eigenvalue weighted by atomic mass is 9.99. The zero-order chi connectivity index (χ0) is 25.1. The number of nitrogens with zero attached hydrogens (tertiary/aromatic N) is 3. The molecule has 7 rings (SSSR count). The maximum absolute atomic E-state index is 2.47. The molecule has 2 heterocycles. The van der Waals surface area contributed by atoms with Crippen LogP contribution in [0.4, 0.5) is 17.1 Å². The minimum atomic E-state index is 1.14. The summed E-state index contributed by atoms with van der Waals surface area (Å²) >= 11 is 0. The summed E-state index contributed by atoms with van der Waals surface area (Å²) in [4.78, 5) is 2.41. The molecule has 0 radical (unpaired) electrons. The van der Waals surface area contributed by atoms with Crippen LogP contribution in [-0.4, -0.2) is 22.0 Å². The van der Waals surface area contributed by atoms with Crippen molar-refractivity contribution in [3.63, 3.8) is 0 Å². The minimum Gasteiger partial charge on any atom is -0.305 e. The molecular formula is C34H28N3+. The highest BCUT2D eigenvalue weighted by molar-refractivity contribution is 6.15. The van der Waals surface area contributed by atoms with Gasteiger partial charge in [-0.25, -0.2) is 4.58 Å². The van der Waals surface area contributed by atoms with Crippen molar-refractivity contribution in [2.45, 2.75) is 13.8 Å². The van der Waals surface area contributed by atoms with Gasteiger partial charge in [0.2, 0.25) is 0 Å². The van der Waals surface area contributed by atoms with E-state index < -0.39 is 0 Å². The Hall–Kier alpha value is -4.63. The Kier molecular flexibility index (Phi) is 4.80. The number of fused-ring (bicyclic) bond motifs is 7. The second-order valence-electron chi connectivity index (χ2n) is 9.79. The number of aryl methyl sites for hydroxylation is 1. The molecule has 0 atom stereocenters. The number of benzene rings is 5. The molecule has 3 heteroatoms. The number of amidine groups is 1. The van der Waals surface area contributed by atoms with Gasteiger partial charge in [-0.05, 0) is 42.8 Å². The van der Waals surface area contributed by atoms with Gasteiger partial charge in [0.1, 0.15) is 11.4 Å². The summed E-state index contributed by atoms with van der Waals surface area (Å²) < 4.78 is 4.80. The fraction of sp³-hybridized carbons (Fsp3) is 0.0882. The highest BCUT2D eigenvalue weighted by Gasteiger charge is 2.31. The van der Waals surface area contributed by atoms with E-state index in [2.05, 4.69) is 150 Å². The van der Waals surface area contributed by atoms with Crippen molar-refractivity contribution >= 4 is 44.7 Å². The molecule has 0 amide bonds. The SMILES string of the molecule is CC1=[N+](C)c2ccccc2-c2cccc3c4ccccc4n(c23)-c2ccccc2N1c1ccccc1C. The van der Waals surface area contributed by atoms with Crippen LogP contribution < -0.4 is 4.90 Å². The van der Waals surface area contributed by atoms with E-state index in [0.717, 1.165) is 17.2 Å². The number of para-hydroxylation sites is 6. The van der Waals surface area contributed by atoms with Crippen molar-refractivity contribution in [1.82, 2.24) is 4.57 Å². The molecular weight excluding hydrogens is 450 g/mol. The van der Waals surface area contributed by atoms with Crippen molar-refractivity contribution < 1.29 is 4.58 Å². The summed E-state index contributed by atoms with van der Waals surface area (Å²) in [5.74, 6) is 1.14.